The molecule has 2 heterocycles. The first-order chi connectivity index (χ1) is 11.7. The Morgan fingerprint density at radius 2 is 2.33 bits per heavy atom. The van der Waals surface area contributed by atoms with Gasteiger partial charge in [0.15, 0.2) is 5.82 Å². The molecule has 3 aromatic rings. The van der Waals surface area contributed by atoms with Crippen LogP contribution < -0.4 is 4.74 Å². The molecule has 0 saturated carbocycles. The fourth-order valence-corrected chi connectivity index (χ4v) is 3.26. The number of benzene rings is 1. The maximum Gasteiger partial charge on any atom is 0.216 e. The van der Waals surface area contributed by atoms with E-state index in [1.807, 2.05) is 30.5 Å². The lowest BCUT2D eigenvalue weighted by atomic mass is 10.2. The SMILES string of the molecule is CCOc1ccc(/C=N\n2c(Cc3cccs3)n[nH]c2=S)cc1Cl. The Morgan fingerprint density at radius 3 is 3.04 bits per heavy atom. The highest BCUT2D eigenvalue weighted by Gasteiger charge is 2.07. The average molecular weight is 379 g/mol. The summed E-state index contributed by atoms with van der Waals surface area (Å²) in [5, 5.41) is 14.1. The Hall–Kier alpha value is -1.96. The maximum absolute atomic E-state index is 6.19. The van der Waals surface area contributed by atoms with Crippen molar-refractivity contribution in [2.24, 2.45) is 5.10 Å². The predicted octanol–water partition coefficient (Wildman–Crippen LogP) is 4.53. The number of hydrogen-bond acceptors (Lipinski definition) is 5. The Kier molecular flexibility index (Phi) is 5.44. The third-order valence-electron chi connectivity index (χ3n) is 3.21. The minimum atomic E-state index is 0.454. The molecule has 8 heteroatoms. The zero-order chi connectivity index (χ0) is 16.9. The summed E-state index contributed by atoms with van der Waals surface area (Å²) in [4.78, 5) is 1.20. The van der Waals surface area contributed by atoms with Crippen LogP contribution >= 0.6 is 35.2 Å². The van der Waals surface area contributed by atoms with Gasteiger partial charge in [-0.05, 0) is 54.4 Å². The van der Waals surface area contributed by atoms with Crippen LogP contribution in [0, 0.1) is 4.77 Å². The number of hydrogen-bond donors (Lipinski definition) is 1. The second kappa shape index (κ2) is 7.74. The molecule has 1 N–H and O–H groups in total. The van der Waals surface area contributed by atoms with Gasteiger partial charge in [0, 0.05) is 11.3 Å². The van der Waals surface area contributed by atoms with E-state index in [-0.39, 0.29) is 0 Å². The lowest BCUT2D eigenvalue weighted by Gasteiger charge is -2.05. The number of nitrogens with zero attached hydrogens (tertiary/aromatic N) is 3. The van der Waals surface area contributed by atoms with E-state index >= 15 is 0 Å². The van der Waals surface area contributed by atoms with E-state index in [0.29, 0.717) is 28.6 Å². The van der Waals surface area contributed by atoms with Gasteiger partial charge in [-0.25, -0.2) is 0 Å². The zero-order valence-corrected chi connectivity index (χ0v) is 15.3. The second-order valence-corrected chi connectivity index (χ2v) is 6.71. The lowest BCUT2D eigenvalue weighted by Crippen LogP contribution is -1.99. The molecule has 1 aromatic carbocycles. The number of halogens is 1. The molecule has 2 aromatic heterocycles. The predicted molar refractivity (Wildman–Crippen MR) is 100 cm³/mol. The van der Waals surface area contributed by atoms with Crippen molar-refractivity contribution in [3.8, 4) is 5.75 Å². The number of ether oxygens (including phenoxy) is 1. The van der Waals surface area contributed by atoms with Crippen molar-refractivity contribution in [3.63, 3.8) is 0 Å². The molecule has 0 fully saturated rings. The molecule has 0 amide bonds. The van der Waals surface area contributed by atoms with Gasteiger partial charge in [-0.2, -0.15) is 14.9 Å². The highest BCUT2D eigenvalue weighted by atomic mass is 35.5. The van der Waals surface area contributed by atoms with Gasteiger partial charge in [0.1, 0.15) is 5.75 Å². The van der Waals surface area contributed by atoms with Gasteiger partial charge in [-0.15, -0.1) is 11.3 Å². The Balaban J connectivity index is 1.83. The van der Waals surface area contributed by atoms with Crippen LogP contribution in [0.25, 0.3) is 0 Å². The molecule has 0 radical (unpaired) electrons. The first kappa shape index (κ1) is 16.9. The minimum absolute atomic E-state index is 0.454. The van der Waals surface area contributed by atoms with Crippen LogP contribution in [0.4, 0.5) is 0 Å². The van der Waals surface area contributed by atoms with Crippen LogP contribution in [0.3, 0.4) is 0 Å². The molecule has 0 aliphatic carbocycles. The monoisotopic (exact) mass is 378 g/mol. The van der Waals surface area contributed by atoms with E-state index in [9.17, 15) is 0 Å². The molecule has 0 atom stereocenters. The molecule has 0 aliphatic heterocycles. The van der Waals surface area contributed by atoms with E-state index in [1.165, 1.54) is 4.88 Å². The fourth-order valence-electron chi connectivity index (χ4n) is 2.12. The summed E-state index contributed by atoms with van der Waals surface area (Å²) in [6.07, 6.45) is 2.37. The first-order valence-corrected chi connectivity index (χ1v) is 8.99. The summed E-state index contributed by atoms with van der Waals surface area (Å²) >= 11 is 13.1. The van der Waals surface area contributed by atoms with E-state index in [0.717, 1.165) is 11.4 Å². The highest BCUT2D eigenvalue weighted by Crippen LogP contribution is 2.24. The van der Waals surface area contributed by atoms with Crippen LogP contribution in [0.5, 0.6) is 5.75 Å². The summed E-state index contributed by atoms with van der Waals surface area (Å²) in [7, 11) is 0. The Morgan fingerprint density at radius 1 is 1.46 bits per heavy atom. The zero-order valence-electron chi connectivity index (χ0n) is 12.9. The van der Waals surface area contributed by atoms with E-state index < -0.39 is 0 Å². The second-order valence-electron chi connectivity index (χ2n) is 4.88. The van der Waals surface area contributed by atoms with Crippen molar-refractivity contribution < 1.29 is 4.74 Å². The van der Waals surface area contributed by atoms with E-state index in [1.54, 1.807) is 28.3 Å². The smallest absolute Gasteiger partial charge is 0.216 e. The first-order valence-electron chi connectivity index (χ1n) is 7.32. The summed E-state index contributed by atoms with van der Waals surface area (Å²) < 4.78 is 7.50. The summed E-state index contributed by atoms with van der Waals surface area (Å²) in [5.41, 5.74) is 0.855. The molecule has 5 nitrogen and oxygen atoms in total. The van der Waals surface area contributed by atoms with Crippen molar-refractivity contribution in [2.45, 2.75) is 13.3 Å². The van der Waals surface area contributed by atoms with Gasteiger partial charge in [0.05, 0.1) is 17.8 Å². The van der Waals surface area contributed by atoms with Crippen molar-refractivity contribution in [3.05, 3.63) is 61.8 Å². The van der Waals surface area contributed by atoms with Gasteiger partial charge in [-0.3, -0.25) is 5.10 Å². The molecule has 124 valence electrons. The van der Waals surface area contributed by atoms with Gasteiger partial charge in [0.25, 0.3) is 0 Å². The standard InChI is InChI=1S/C16H15ClN4OS2/c1-2-22-14-6-5-11(8-13(14)17)10-18-21-15(19-20-16(21)23)9-12-4-3-7-24-12/h3-8,10H,2,9H2,1H3,(H,20,23)/b18-10-. The highest BCUT2D eigenvalue weighted by molar-refractivity contribution is 7.71. The lowest BCUT2D eigenvalue weighted by molar-refractivity contribution is 0.340. The average Bonchev–Trinajstić information content (AvgIpc) is 3.19. The maximum atomic E-state index is 6.19. The molecule has 0 spiro atoms. The van der Waals surface area contributed by atoms with Crippen molar-refractivity contribution in [1.82, 2.24) is 14.9 Å². The van der Waals surface area contributed by atoms with Gasteiger partial charge < -0.3 is 4.74 Å². The summed E-state index contributed by atoms with van der Waals surface area (Å²) in [6.45, 7) is 2.49. The minimum Gasteiger partial charge on any atom is -0.492 e. The van der Waals surface area contributed by atoms with Crippen molar-refractivity contribution in [1.29, 1.82) is 0 Å². The quantitative estimate of drug-likeness (QED) is 0.506. The number of rotatable bonds is 6. The Labute approximate surface area is 153 Å². The molecule has 0 bridgehead atoms. The third-order valence-corrected chi connectivity index (χ3v) is 4.64. The molecule has 0 aliphatic rings. The molecule has 0 unspecified atom stereocenters. The van der Waals surface area contributed by atoms with Crippen molar-refractivity contribution >= 4 is 41.4 Å². The number of thiophene rings is 1. The van der Waals surface area contributed by atoms with Crippen molar-refractivity contribution in [2.75, 3.05) is 6.61 Å². The molecular weight excluding hydrogens is 364 g/mol. The summed E-state index contributed by atoms with van der Waals surface area (Å²) in [6, 6.07) is 9.59. The topological polar surface area (TPSA) is 55.2 Å². The summed E-state index contributed by atoms with van der Waals surface area (Å²) in [5.74, 6) is 1.42. The fraction of sp³-hybridized carbons (Fsp3) is 0.188. The van der Waals surface area contributed by atoms with Crippen LogP contribution in [0.15, 0.2) is 40.8 Å². The molecule has 24 heavy (non-hydrogen) atoms. The number of H-pyrrole nitrogens is 1. The largest absolute Gasteiger partial charge is 0.492 e. The van der Waals surface area contributed by atoms with Crippen LogP contribution in [0.2, 0.25) is 5.02 Å². The Bertz CT molecular complexity index is 899. The molecular formula is C16H15ClN4OS2. The van der Waals surface area contributed by atoms with Crippen LogP contribution in [0.1, 0.15) is 23.2 Å². The van der Waals surface area contributed by atoms with E-state index in [4.69, 9.17) is 28.6 Å². The third kappa shape index (κ3) is 3.92. The molecule has 0 saturated heterocycles. The van der Waals surface area contributed by atoms with Gasteiger partial charge in [-0.1, -0.05) is 17.7 Å². The normalized spacial score (nSPS) is 11.2. The number of nitrogens with one attached hydrogen (secondary N) is 1. The molecule has 3 rings (SSSR count). The van der Waals surface area contributed by atoms with E-state index in [2.05, 4.69) is 21.4 Å². The van der Waals surface area contributed by atoms with Gasteiger partial charge in [0.2, 0.25) is 4.77 Å². The number of aromatic amines is 1. The van der Waals surface area contributed by atoms with Crippen LogP contribution in [-0.2, 0) is 6.42 Å². The van der Waals surface area contributed by atoms with Crippen LogP contribution in [-0.4, -0.2) is 27.7 Å². The van der Waals surface area contributed by atoms with Gasteiger partial charge >= 0.3 is 0 Å². The number of aromatic nitrogens is 3.